The van der Waals surface area contributed by atoms with Crippen LogP contribution in [0.25, 0.3) is 0 Å². The fourth-order valence-corrected chi connectivity index (χ4v) is 4.29. The van der Waals surface area contributed by atoms with Crippen LogP contribution in [-0.4, -0.2) is 49.6 Å². The summed E-state index contributed by atoms with van der Waals surface area (Å²) < 4.78 is 5.43. The molecule has 2 aromatic rings. The number of benzene rings is 1. The maximum atomic E-state index is 5.43. The minimum absolute atomic E-state index is 0. The van der Waals surface area contributed by atoms with Gasteiger partial charge in [0.2, 0.25) is 0 Å². The number of ether oxygens (including phenoxy) is 1. The molecule has 1 fully saturated rings. The molecule has 0 aliphatic carbocycles. The maximum Gasteiger partial charge on any atom is 0.191 e. The van der Waals surface area contributed by atoms with E-state index in [4.69, 9.17) is 4.74 Å². The third-order valence-electron chi connectivity index (χ3n) is 5.09. The van der Waals surface area contributed by atoms with Crippen LogP contribution in [-0.2, 0) is 13.0 Å². The summed E-state index contributed by atoms with van der Waals surface area (Å²) in [4.78, 5) is 11.5. The number of guanidine groups is 1. The molecule has 160 valence electrons. The van der Waals surface area contributed by atoms with E-state index >= 15 is 0 Å². The molecule has 0 radical (unpaired) electrons. The van der Waals surface area contributed by atoms with Gasteiger partial charge in [-0.15, -0.1) is 35.3 Å². The van der Waals surface area contributed by atoms with Crippen molar-refractivity contribution in [3.63, 3.8) is 0 Å². The van der Waals surface area contributed by atoms with E-state index in [1.54, 1.807) is 18.4 Å². The number of aromatic nitrogens is 1. The summed E-state index contributed by atoms with van der Waals surface area (Å²) in [7, 11) is 3.53. The van der Waals surface area contributed by atoms with Crippen LogP contribution in [0.4, 0.5) is 0 Å². The molecule has 1 aliphatic heterocycles. The lowest BCUT2D eigenvalue weighted by molar-refractivity contribution is 0.245. The molecular formula is C21H32IN5OS. The number of rotatable bonds is 8. The van der Waals surface area contributed by atoms with E-state index in [0.29, 0.717) is 12.6 Å². The molecule has 1 unspecified atom stereocenters. The van der Waals surface area contributed by atoms with Gasteiger partial charge in [-0.2, -0.15) is 0 Å². The van der Waals surface area contributed by atoms with Gasteiger partial charge in [0.1, 0.15) is 5.75 Å². The van der Waals surface area contributed by atoms with E-state index in [9.17, 15) is 0 Å². The minimum atomic E-state index is 0. The topological polar surface area (TPSA) is 61.8 Å². The first-order valence-electron chi connectivity index (χ1n) is 9.99. The van der Waals surface area contributed by atoms with Gasteiger partial charge in [-0.25, -0.2) is 4.98 Å². The first kappa shape index (κ1) is 23.9. The molecule has 8 heteroatoms. The largest absolute Gasteiger partial charge is 0.497 e. The fraction of sp³-hybridized carbons (Fsp3) is 0.524. The smallest absolute Gasteiger partial charge is 0.191 e. The summed E-state index contributed by atoms with van der Waals surface area (Å²) in [6.07, 6.45) is 3.50. The Kier molecular flexibility index (Phi) is 10.2. The molecule has 2 N–H and O–H groups in total. The number of aliphatic imine (C=N–C) groups is 1. The molecule has 1 atom stereocenters. The van der Waals surface area contributed by atoms with E-state index in [0.717, 1.165) is 43.5 Å². The summed E-state index contributed by atoms with van der Waals surface area (Å²) in [6, 6.07) is 8.68. The highest BCUT2D eigenvalue weighted by Crippen LogP contribution is 2.27. The molecule has 3 rings (SSSR count). The molecule has 1 aliphatic rings. The maximum absolute atomic E-state index is 5.43. The van der Waals surface area contributed by atoms with Crippen LogP contribution in [0.15, 0.2) is 34.6 Å². The third-order valence-corrected chi connectivity index (χ3v) is 6.13. The van der Waals surface area contributed by atoms with Gasteiger partial charge in [-0.1, -0.05) is 19.1 Å². The zero-order chi connectivity index (χ0) is 19.8. The zero-order valence-electron chi connectivity index (χ0n) is 17.5. The molecule has 1 aromatic carbocycles. The predicted molar refractivity (Wildman–Crippen MR) is 132 cm³/mol. The number of hydrogen-bond donors (Lipinski definition) is 2. The number of hydrogen-bond acceptors (Lipinski definition) is 5. The lowest BCUT2D eigenvalue weighted by Crippen LogP contribution is -2.42. The van der Waals surface area contributed by atoms with Crippen LogP contribution >= 0.6 is 35.3 Å². The standard InChI is InChI=1S/C21H31N5OS.HI/c1-4-20-25-17(15-28-20)13-23-21(22-2)24-14-19(26-10-5-6-11-26)16-8-7-9-18(12-16)27-3;/h7-9,12,15,19H,4-6,10-11,13-14H2,1-3H3,(H2,22,23,24);1H. The normalized spacial score (nSPS) is 15.6. The monoisotopic (exact) mass is 529 g/mol. The molecular weight excluding hydrogens is 497 g/mol. The number of nitrogens with one attached hydrogen (secondary N) is 2. The van der Waals surface area contributed by atoms with Crippen molar-refractivity contribution in [3.05, 3.63) is 45.9 Å². The van der Waals surface area contributed by atoms with Gasteiger partial charge in [0.15, 0.2) is 5.96 Å². The summed E-state index contributed by atoms with van der Waals surface area (Å²) in [5, 5.41) is 10.2. The summed E-state index contributed by atoms with van der Waals surface area (Å²) in [6.45, 7) is 5.88. The molecule has 6 nitrogen and oxygen atoms in total. The Balaban J connectivity index is 0.00000300. The van der Waals surface area contributed by atoms with Crippen molar-refractivity contribution < 1.29 is 4.74 Å². The average molecular weight is 529 g/mol. The van der Waals surface area contributed by atoms with Crippen molar-refractivity contribution in [1.29, 1.82) is 0 Å². The second-order valence-electron chi connectivity index (χ2n) is 6.93. The van der Waals surface area contributed by atoms with Crippen LogP contribution in [0.5, 0.6) is 5.75 Å². The minimum Gasteiger partial charge on any atom is -0.497 e. The van der Waals surface area contributed by atoms with Crippen molar-refractivity contribution in [2.75, 3.05) is 33.8 Å². The van der Waals surface area contributed by atoms with Crippen LogP contribution in [0.1, 0.15) is 42.1 Å². The van der Waals surface area contributed by atoms with E-state index in [1.807, 2.05) is 13.1 Å². The van der Waals surface area contributed by atoms with Crippen LogP contribution in [0.2, 0.25) is 0 Å². The average Bonchev–Trinajstić information content (AvgIpc) is 3.42. The van der Waals surface area contributed by atoms with Crippen LogP contribution in [0, 0.1) is 0 Å². The zero-order valence-corrected chi connectivity index (χ0v) is 20.6. The first-order chi connectivity index (χ1) is 13.7. The molecule has 0 bridgehead atoms. The molecule has 2 heterocycles. The molecule has 0 saturated carbocycles. The fourth-order valence-electron chi connectivity index (χ4n) is 3.54. The van der Waals surface area contributed by atoms with E-state index in [1.165, 1.54) is 23.4 Å². The Bertz CT molecular complexity index is 776. The highest BCUT2D eigenvalue weighted by molar-refractivity contribution is 14.0. The van der Waals surface area contributed by atoms with Gasteiger partial charge in [-0.05, 0) is 50.0 Å². The van der Waals surface area contributed by atoms with Gasteiger partial charge >= 0.3 is 0 Å². The number of methoxy groups -OCH3 is 1. The Morgan fingerprint density at radius 1 is 1.31 bits per heavy atom. The van der Waals surface area contributed by atoms with Gasteiger partial charge in [0.05, 0.1) is 30.4 Å². The van der Waals surface area contributed by atoms with Gasteiger partial charge < -0.3 is 15.4 Å². The summed E-state index contributed by atoms with van der Waals surface area (Å²) >= 11 is 1.71. The SMILES string of the molecule is CCc1nc(CNC(=NC)NCC(c2cccc(OC)c2)N2CCCC2)cs1.I. The Labute approximate surface area is 195 Å². The third kappa shape index (κ3) is 6.82. The Morgan fingerprint density at radius 2 is 2.10 bits per heavy atom. The van der Waals surface area contributed by atoms with Crippen LogP contribution < -0.4 is 15.4 Å². The lowest BCUT2D eigenvalue weighted by atomic mass is 10.1. The van der Waals surface area contributed by atoms with E-state index in [2.05, 4.69) is 56.0 Å². The number of halogens is 1. The van der Waals surface area contributed by atoms with Gasteiger partial charge in [0.25, 0.3) is 0 Å². The molecule has 1 saturated heterocycles. The molecule has 0 amide bonds. The van der Waals surface area contributed by atoms with Crippen molar-refractivity contribution in [2.45, 2.75) is 38.8 Å². The summed E-state index contributed by atoms with van der Waals surface area (Å²) in [5.41, 5.74) is 2.34. The number of thiazole rings is 1. The Morgan fingerprint density at radius 3 is 2.76 bits per heavy atom. The second kappa shape index (κ2) is 12.3. The van der Waals surface area contributed by atoms with Crippen molar-refractivity contribution in [2.24, 2.45) is 4.99 Å². The molecule has 29 heavy (non-hydrogen) atoms. The number of likely N-dealkylation sites (tertiary alicyclic amines) is 1. The highest BCUT2D eigenvalue weighted by Gasteiger charge is 2.24. The van der Waals surface area contributed by atoms with Crippen molar-refractivity contribution in [1.82, 2.24) is 20.5 Å². The lowest BCUT2D eigenvalue weighted by Gasteiger charge is -2.29. The number of aryl methyl sites for hydroxylation is 1. The number of nitrogens with zero attached hydrogens (tertiary/aromatic N) is 3. The molecule has 1 aromatic heterocycles. The van der Waals surface area contributed by atoms with Crippen molar-refractivity contribution in [3.8, 4) is 5.75 Å². The molecule has 0 spiro atoms. The van der Waals surface area contributed by atoms with E-state index in [-0.39, 0.29) is 24.0 Å². The van der Waals surface area contributed by atoms with Crippen LogP contribution in [0.3, 0.4) is 0 Å². The highest BCUT2D eigenvalue weighted by atomic mass is 127. The predicted octanol–water partition coefficient (Wildman–Crippen LogP) is 3.83. The van der Waals surface area contributed by atoms with E-state index < -0.39 is 0 Å². The van der Waals surface area contributed by atoms with Gasteiger partial charge in [0, 0.05) is 19.0 Å². The van der Waals surface area contributed by atoms with Gasteiger partial charge in [-0.3, -0.25) is 9.89 Å². The van der Waals surface area contributed by atoms with Crippen molar-refractivity contribution >= 4 is 41.3 Å². The quantitative estimate of drug-likeness (QED) is 0.309. The summed E-state index contributed by atoms with van der Waals surface area (Å²) in [5.74, 6) is 1.71. The Hall–Kier alpha value is -1.39. The second-order valence-corrected chi connectivity index (χ2v) is 7.87. The first-order valence-corrected chi connectivity index (χ1v) is 10.9.